The number of aliphatic carboxylic acids is 1. The third-order valence-electron chi connectivity index (χ3n) is 2.76. The molecule has 1 aromatic rings. The highest BCUT2D eigenvalue weighted by Crippen LogP contribution is 2.33. The van der Waals surface area contributed by atoms with Crippen LogP contribution in [0.25, 0.3) is 0 Å². The van der Waals surface area contributed by atoms with E-state index in [-0.39, 0.29) is 12.0 Å². The van der Waals surface area contributed by atoms with Gasteiger partial charge in [-0.2, -0.15) is 0 Å². The molecule has 0 radical (unpaired) electrons. The molecule has 0 fully saturated rings. The molecular weight excluding hydrogens is 261 g/mol. The molecule has 0 bridgehead atoms. The summed E-state index contributed by atoms with van der Waals surface area (Å²) in [7, 11) is 0. The second-order valence-corrected chi connectivity index (χ2v) is 4.27. The van der Waals surface area contributed by atoms with Crippen LogP contribution in [0.3, 0.4) is 0 Å². The van der Waals surface area contributed by atoms with Crippen LogP contribution >= 0.6 is 11.8 Å². The molecule has 1 unspecified atom stereocenters. The number of amides is 1. The summed E-state index contributed by atoms with van der Waals surface area (Å²) in [5.41, 5.74) is 0.583. The first-order valence-electron chi connectivity index (χ1n) is 5.17. The van der Waals surface area contributed by atoms with E-state index in [0.29, 0.717) is 5.56 Å². The van der Waals surface area contributed by atoms with Crippen molar-refractivity contribution in [1.29, 1.82) is 0 Å². The number of benzene rings is 1. The van der Waals surface area contributed by atoms with Crippen LogP contribution in [0.1, 0.15) is 17.9 Å². The van der Waals surface area contributed by atoms with E-state index in [2.05, 4.69) is 0 Å². The number of carboxylic acids is 1. The Hall–Kier alpha value is -1.88. The monoisotopic (exact) mass is 269 g/mol. The quantitative estimate of drug-likeness (QED) is 0.838. The van der Waals surface area contributed by atoms with Crippen molar-refractivity contribution in [2.24, 2.45) is 0 Å². The van der Waals surface area contributed by atoms with Gasteiger partial charge in [0.2, 0.25) is 5.91 Å². The summed E-state index contributed by atoms with van der Waals surface area (Å²) in [4.78, 5) is 22.6. The van der Waals surface area contributed by atoms with Gasteiger partial charge < -0.3 is 5.11 Å². The van der Waals surface area contributed by atoms with Gasteiger partial charge in [0.05, 0.1) is 5.57 Å². The van der Waals surface area contributed by atoms with Gasteiger partial charge in [0.25, 0.3) is 0 Å². The number of hydrogen-bond acceptors (Lipinski definition) is 2. The van der Waals surface area contributed by atoms with Crippen LogP contribution in [0, 0.1) is 5.82 Å². The maximum Gasteiger partial charge on any atom is 0.333 e. The maximum absolute atomic E-state index is 12.8. The summed E-state index contributed by atoms with van der Waals surface area (Å²) < 4.78 is 13.6. The van der Waals surface area contributed by atoms with Crippen molar-refractivity contribution in [3.05, 3.63) is 47.4 Å². The number of nitrogens with zero attached hydrogens (tertiary/aromatic N) is 1. The molecule has 0 aromatic heterocycles. The van der Waals surface area contributed by atoms with Crippen molar-refractivity contribution in [1.82, 2.24) is 4.42 Å². The molecule has 0 aliphatic carbocycles. The summed E-state index contributed by atoms with van der Waals surface area (Å²) in [5, 5.41) is 9.09. The van der Waals surface area contributed by atoms with Gasteiger partial charge in [-0.15, -0.1) is 0 Å². The van der Waals surface area contributed by atoms with E-state index in [1.54, 1.807) is 0 Å². The number of carbonyl (C=O) groups is 2. The highest BCUT2D eigenvalue weighted by molar-refractivity contribution is 6.23. The van der Waals surface area contributed by atoms with Crippen molar-refractivity contribution < 1.29 is 19.1 Å². The van der Waals surface area contributed by atoms with E-state index in [1.165, 1.54) is 24.3 Å². The second-order valence-electron chi connectivity index (χ2n) is 3.90. The van der Waals surface area contributed by atoms with Gasteiger partial charge in [-0.3, -0.25) is 4.79 Å². The molecule has 4 nitrogen and oxygen atoms in total. The van der Waals surface area contributed by atoms with Crippen molar-refractivity contribution >= 4 is 23.7 Å². The van der Waals surface area contributed by atoms with Crippen molar-refractivity contribution in [3.8, 4) is 0 Å². The Labute approximate surface area is 107 Å². The highest BCUT2D eigenvalue weighted by atomic mass is 35.5. The zero-order valence-corrected chi connectivity index (χ0v) is 9.89. The fourth-order valence-corrected chi connectivity index (χ4v) is 2.03. The molecule has 2 rings (SSSR count). The normalized spacial score (nSPS) is 19.7. The number of hydrogen-bond donors (Lipinski definition) is 1. The Morgan fingerprint density at radius 1 is 1.39 bits per heavy atom. The van der Waals surface area contributed by atoms with Crippen LogP contribution < -0.4 is 0 Å². The van der Waals surface area contributed by atoms with Crippen molar-refractivity contribution in [2.45, 2.75) is 12.3 Å². The highest BCUT2D eigenvalue weighted by Gasteiger charge is 2.31. The smallest absolute Gasteiger partial charge is 0.333 e. The molecular formula is C12H9ClFNO3. The summed E-state index contributed by atoms with van der Waals surface area (Å²) in [6, 6.07) is 5.39. The largest absolute Gasteiger partial charge is 0.478 e. The van der Waals surface area contributed by atoms with Gasteiger partial charge in [0.15, 0.2) is 0 Å². The summed E-state index contributed by atoms with van der Waals surface area (Å²) in [5.74, 6) is -2.57. The van der Waals surface area contributed by atoms with E-state index in [9.17, 15) is 14.0 Å². The zero-order chi connectivity index (χ0) is 13.3. The lowest BCUT2D eigenvalue weighted by molar-refractivity contribution is -0.133. The van der Waals surface area contributed by atoms with Gasteiger partial charge in [0.1, 0.15) is 5.82 Å². The molecule has 1 aromatic carbocycles. The minimum atomic E-state index is -1.15. The van der Waals surface area contributed by atoms with E-state index in [0.717, 1.165) is 10.6 Å². The third-order valence-corrected chi connectivity index (χ3v) is 3.05. The molecule has 1 amide bonds. The molecule has 1 aliphatic rings. The molecule has 0 saturated heterocycles. The standard InChI is InChI=1S/C12H9ClFNO3/c13-15-6-10(12(17)18)9(5-11(15)16)7-1-3-8(14)4-2-7/h1-4,6,9H,5H2,(H,17,18). The fourth-order valence-electron chi connectivity index (χ4n) is 1.85. The predicted molar refractivity (Wildman–Crippen MR) is 62.2 cm³/mol. The molecule has 18 heavy (non-hydrogen) atoms. The molecule has 94 valence electrons. The van der Waals surface area contributed by atoms with Crippen LogP contribution in [0.4, 0.5) is 4.39 Å². The Morgan fingerprint density at radius 2 is 2.00 bits per heavy atom. The number of carboxylic acid groups (broad SMARTS) is 1. The lowest BCUT2D eigenvalue weighted by Gasteiger charge is -2.25. The van der Waals surface area contributed by atoms with Gasteiger partial charge in [-0.25, -0.2) is 13.6 Å². The fraction of sp³-hybridized carbons (Fsp3) is 0.167. The summed E-state index contributed by atoms with van der Waals surface area (Å²) in [6.45, 7) is 0. The molecule has 1 aliphatic heterocycles. The second kappa shape index (κ2) is 4.78. The third kappa shape index (κ3) is 2.36. The van der Waals surface area contributed by atoms with E-state index < -0.39 is 23.6 Å². The van der Waals surface area contributed by atoms with Crippen LogP contribution in [0.5, 0.6) is 0 Å². The van der Waals surface area contributed by atoms with Crippen molar-refractivity contribution in [2.75, 3.05) is 0 Å². The average molecular weight is 270 g/mol. The topological polar surface area (TPSA) is 57.6 Å². The first-order chi connectivity index (χ1) is 8.49. The number of halogens is 2. The summed E-state index contributed by atoms with van der Waals surface area (Å²) >= 11 is 5.57. The SMILES string of the molecule is O=C(O)C1=CN(Cl)C(=O)CC1c1ccc(F)cc1. The minimum absolute atomic E-state index is 0.0104. The van der Waals surface area contributed by atoms with Gasteiger partial charge >= 0.3 is 5.97 Å². The molecule has 1 N–H and O–H groups in total. The Bertz CT molecular complexity index is 527. The lowest BCUT2D eigenvalue weighted by atomic mass is 9.86. The lowest BCUT2D eigenvalue weighted by Crippen LogP contribution is -2.28. The molecule has 1 atom stereocenters. The maximum atomic E-state index is 12.8. The van der Waals surface area contributed by atoms with E-state index in [1.807, 2.05) is 0 Å². The van der Waals surface area contributed by atoms with Gasteiger partial charge in [-0.05, 0) is 17.7 Å². The van der Waals surface area contributed by atoms with Crippen LogP contribution in [-0.2, 0) is 9.59 Å². The van der Waals surface area contributed by atoms with Gasteiger partial charge in [0, 0.05) is 30.3 Å². The van der Waals surface area contributed by atoms with Crippen molar-refractivity contribution in [3.63, 3.8) is 0 Å². The van der Waals surface area contributed by atoms with Crippen LogP contribution in [-0.4, -0.2) is 21.4 Å². The Morgan fingerprint density at radius 3 is 2.56 bits per heavy atom. The first-order valence-corrected chi connectivity index (χ1v) is 5.51. The number of rotatable bonds is 2. The van der Waals surface area contributed by atoms with Gasteiger partial charge in [-0.1, -0.05) is 12.1 Å². The molecule has 6 heteroatoms. The molecule has 0 saturated carbocycles. The minimum Gasteiger partial charge on any atom is -0.478 e. The average Bonchev–Trinajstić information content (AvgIpc) is 2.33. The van der Waals surface area contributed by atoms with E-state index in [4.69, 9.17) is 16.9 Å². The predicted octanol–water partition coefficient (Wildman–Crippen LogP) is 2.26. The summed E-state index contributed by atoms with van der Waals surface area (Å²) in [6.07, 6.45) is 1.04. The number of carbonyl (C=O) groups excluding carboxylic acids is 1. The Kier molecular flexibility index (Phi) is 3.34. The zero-order valence-electron chi connectivity index (χ0n) is 9.14. The first kappa shape index (κ1) is 12.6. The Balaban J connectivity index is 2.41. The van der Waals surface area contributed by atoms with E-state index >= 15 is 0 Å². The molecule has 0 spiro atoms. The molecule has 1 heterocycles. The van der Waals surface area contributed by atoms with Crippen LogP contribution in [0.15, 0.2) is 36.0 Å². The van der Waals surface area contributed by atoms with Crippen LogP contribution in [0.2, 0.25) is 0 Å².